The SMILES string of the molecule is Cc1c(N)cc(C(=O)N(C)C(C)C)cc1F. The van der Waals surface area contributed by atoms with E-state index in [4.69, 9.17) is 5.73 Å². The molecule has 0 saturated carbocycles. The molecule has 88 valence electrons. The molecule has 0 aromatic heterocycles. The van der Waals surface area contributed by atoms with Crippen molar-refractivity contribution in [3.63, 3.8) is 0 Å². The maximum atomic E-state index is 13.4. The van der Waals surface area contributed by atoms with Gasteiger partial charge in [0.25, 0.3) is 5.91 Å². The van der Waals surface area contributed by atoms with Crippen molar-refractivity contribution in [1.29, 1.82) is 0 Å². The zero-order valence-electron chi connectivity index (χ0n) is 10.0. The summed E-state index contributed by atoms with van der Waals surface area (Å²) in [5.74, 6) is -0.666. The third-order valence-corrected chi connectivity index (χ3v) is 2.73. The lowest BCUT2D eigenvalue weighted by Gasteiger charge is -2.21. The highest BCUT2D eigenvalue weighted by Crippen LogP contribution is 2.18. The van der Waals surface area contributed by atoms with Gasteiger partial charge in [-0.05, 0) is 32.9 Å². The first kappa shape index (κ1) is 12.5. The zero-order valence-corrected chi connectivity index (χ0v) is 10.0. The fourth-order valence-corrected chi connectivity index (χ4v) is 1.26. The number of benzene rings is 1. The summed E-state index contributed by atoms with van der Waals surface area (Å²) in [5, 5.41) is 0. The summed E-state index contributed by atoms with van der Waals surface area (Å²) in [6, 6.07) is 2.81. The number of hydrogen-bond acceptors (Lipinski definition) is 2. The Morgan fingerprint density at radius 1 is 1.44 bits per heavy atom. The van der Waals surface area contributed by atoms with Crippen LogP contribution in [0.15, 0.2) is 12.1 Å². The summed E-state index contributed by atoms with van der Waals surface area (Å²) in [6.07, 6.45) is 0. The molecule has 0 aliphatic rings. The molecule has 3 nitrogen and oxygen atoms in total. The lowest BCUT2D eigenvalue weighted by atomic mass is 10.1. The van der Waals surface area contributed by atoms with E-state index in [0.29, 0.717) is 11.3 Å². The second kappa shape index (κ2) is 4.51. The maximum absolute atomic E-state index is 13.4. The Bertz CT molecular complexity index is 392. The summed E-state index contributed by atoms with van der Waals surface area (Å²) in [5.41, 5.74) is 6.60. The first-order valence-corrected chi connectivity index (χ1v) is 5.17. The highest BCUT2D eigenvalue weighted by Gasteiger charge is 2.16. The molecule has 0 spiro atoms. The van der Waals surface area contributed by atoms with Crippen molar-refractivity contribution >= 4 is 11.6 Å². The van der Waals surface area contributed by atoms with E-state index in [0.717, 1.165) is 0 Å². The Labute approximate surface area is 95.0 Å². The number of carbonyl (C=O) groups excluding carboxylic acids is 1. The Hall–Kier alpha value is -1.58. The Morgan fingerprint density at radius 3 is 2.44 bits per heavy atom. The van der Waals surface area contributed by atoms with Crippen LogP contribution in [0.1, 0.15) is 29.8 Å². The fourth-order valence-electron chi connectivity index (χ4n) is 1.26. The van der Waals surface area contributed by atoms with Gasteiger partial charge in [0, 0.05) is 29.9 Å². The van der Waals surface area contributed by atoms with Gasteiger partial charge in [0.15, 0.2) is 0 Å². The van der Waals surface area contributed by atoms with Crippen LogP contribution in [0.4, 0.5) is 10.1 Å². The summed E-state index contributed by atoms with van der Waals surface area (Å²) in [6.45, 7) is 5.38. The van der Waals surface area contributed by atoms with Crippen LogP contribution in [0.25, 0.3) is 0 Å². The predicted molar refractivity (Wildman–Crippen MR) is 62.8 cm³/mol. The molecule has 0 bridgehead atoms. The Morgan fingerprint density at radius 2 is 2.00 bits per heavy atom. The molecule has 1 aromatic rings. The van der Waals surface area contributed by atoms with E-state index in [9.17, 15) is 9.18 Å². The standard InChI is InChI=1S/C12H17FN2O/c1-7(2)15(4)12(16)9-5-10(13)8(3)11(14)6-9/h5-7H,14H2,1-4H3. The molecule has 0 saturated heterocycles. The molecule has 2 N–H and O–H groups in total. The van der Waals surface area contributed by atoms with Crippen LogP contribution in [-0.2, 0) is 0 Å². The quantitative estimate of drug-likeness (QED) is 0.783. The van der Waals surface area contributed by atoms with E-state index in [1.54, 1.807) is 18.9 Å². The number of carbonyl (C=O) groups is 1. The first-order chi connectivity index (χ1) is 7.34. The minimum atomic E-state index is -0.444. The van der Waals surface area contributed by atoms with E-state index in [2.05, 4.69) is 0 Å². The number of nitrogen functional groups attached to an aromatic ring is 1. The number of nitrogens with zero attached hydrogens (tertiary/aromatic N) is 1. The molecule has 1 amide bonds. The van der Waals surface area contributed by atoms with Crippen LogP contribution in [0, 0.1) is 12.7 Å². The Kier molecular flexibility index (Phi) is 3.52. The largest absolute Gasteiger partial charge is 0.398 e. The monoisotopic (exact) mass is 224 g/mol. The van der Waals surface area contributed by atoms with Gasteiger partial charge in [-0.2, -0.15) is 0 Å². The zero-order chi connectivity index (χ0) is 12.5. The van der Waals surface area contributed by atoms with Gasteiger partial charge in [-0.15, -0.1) is 0 Å². The van der Waals surface area contributed by atoms with Crippen LogP contribution in [0.2, 0.25) is 0 Å². The van der Waals surface area contributed by atoms with E-state index < -0.39 is 5.82 Å². The minimum Gasteiger partial charge on any atom is -0.398 e. The molecular weight excluding hydrogens is 207 g/mol. The van der Waals surface area contributed by atoms with Crippen molar-refractivity contribution < 1.29 is 9.18 Å². The highest BCUT2D eigenvalue weighted by molar-refractivity contribution is 5.95. The van der Waals surface area contributed by atoms with Gasteiger partial charge >= 0.3 is 0 Å². The molecule has 0 fully saturated rings. The lowest BCUT2D eigenvalue weighted by molar-refractivity contribution is 0.0754. The van der Waals surface area contributed by atoms with Gasteiger partial charge in [-0.25, -0.2) is 4.39 Å². The van der Waals surface area contributed by atoms with Crippen LogP contribution in [0.3, 0.4) is 0 Å². The third kappa shape index (κ3) is 2.32. The van der Waals surface area contributed by atoms with Crippen molar-refractivity contribution in [1.82, 2.24) is 4.90 Å². The average Bonchev–Trinajstić information content (AvgIpc) is 2.22. The summed E-state index contributed by atoms with van der Waals surface area (Å²) in [4.78, 5) is 13.5. The van der Waals surface area contributed by atoms with Crippen molar-refractivity contribution in [3.8, 4) is 0 Å². The van der Waals surface area contributed by atoms with Gasteiger partial charge in [0.1, 0.15) is 5.82 Å². The number of hydrogen-bond donors (Lipinski definition) is 1. The van der Waals surface area contributed by atoms with Crippen molar-refractivity contribution in [2.24, 2.45) is 0 Å². The van der Waals surface area contributed by atoms with Gasteiger partial charge in [0.05, 0.1) is 0 Å². The molecule has 16 heavy (non-hydrogen) atoms. The molecule has 0 aliphatic heterocycles. The molecular formula is C12H17FN2O. The second-order valence-electron chi connectivity index (χ2n) is 4.18. The molecule has 0 atom stereocenters. The lowest BCUT2D eigenvalue weighted by Crippen LogP contribution is -2.33. The van der Waals surface area contributed by atoms with Crippen molar-refractivity contribution in [3.05, 3.63) is 29.1 Å². The molecule has 1 aromatic carbocycles. The predicted octanol–water partition coefficient (Wildman–Crippen LogP) is 2.20. The van der Waals surface area contributed by atoms with E-state index in [-0.39, 0.29) is 17.5 Å². The first-order valence-electron chi connectivity index (χ1n) is 5.17. The topological polar surface area (TPSA) is 46.3 Å². The smallest absolute Gasteiger partial charge is 0.254 e. The van der Waals surface area contributed by atoms with Gasteiger partial charge < -0.3 is 10.6 Å². The maximum Gasteiger partial charge on any atom is 0.254 e. The number of amides is 1. The molecule has 4 heteroatoms. The van der Waals surface area contributed by atoms with Crippen molar-refractivity contribution in [2.75, 3.05) is 12.8 Å². The van der Waals surface area contributed by atoms with Gasteiger partial charge in [0.2, 0.25) is 0 Å². The van der Waals surface area contributed by atoms with Crippen LogP contribution in [0.5, 0.6) is 0 Å². The molecule has 0 unspecified atom stereocenters. The van der Waals surface area contributed by atoms with Crippen LogP contribution >= 0.6 is 0 Å². The number of halogens is 1. The normalized spacial score (nSPS) is 10.6. The average molecular weight is 224 g/mol. The number of nitrogens with two attached hydrogens (primary N) is 1. The second-order valence-corrected chi connectivity index (χ2v) is 4.18. The minimum absolute atomic E-state index is 0.0677. The van der Waals surface area contributed by atoms with E-state index in [1.807, 2.05) is 13.8 Å². The summed E-state index contributed by atoms with van der Waals surface area (Å²) < 4.78 is 13.4. The number of anilines is 1. The number of rotatable bonds is 2. The van der Waals surface area contributed by atoms with Gasteiger partial charge in [-0.1, -0.05) is 0 Å². The van der Waals surface area contributed by atoms with Crippen molar-refractivity contribution in [2.45, 2.75) is 26.8 Å². The summed E-state index contributed by atoms with van der Waals surface area (Å²) in [7, 11) is 1.68. The molecule has 0 aliphatic carbocycles. The molecule has 1 rings (SSSR count). The van der Waals surface area contributed by atoms with E-state index in [1.165, 1.54) is 12.1 Å². The van der Waals surface area contributed by atoms with E-state index >= 15 is 0 Å². The van der Waals surface area contributed by atoms with Gasteiger partial charge in [-0.3, -0.25) is 4.79 Å². The Balaban J connectivity index is 3.11. The molecule has 0 heterocycles. The third-order valence-electron chi connectivity index (χ3n) is 2.73. The highest BCUT2D eigenvalue weighted by atomic mass is 19.1. The summed E-state index contributed by atoms with van der Waals surface area (Å²) >= 11 is 0. The molecule has 0 radical (unpaired) electrons. The van der Waals surface area contributed by atoms with Crippen LogP contribution in [-0.4, -0.2) is 23.9 Å². The van der Waals surface area contributed by atoms with Crippen LogP contribution < -0.4 is 5.73 Å². The fraction of sp³-hybridized carbons (Fsp3) is 0.417.